The molecule has 40 heavy (non-hydrogen) atoms. The number of rotatable bonds is 10. The topological polar surface area (TPSA) is 155 Å². The van der Waals surface area contributed by atoms with E-state index in [0.29, 0.717) is 12.2 Å². The van der Waals surface area contributed by atoms with Crippen LogP contribution in [-0.2, 0) is 21.2 Å². The van der Waals surface area contributed by atoms with E-state index in [4.69, 9.17) is 0 Å². The maximum atomic E-state index is 13.6. The quantitative estimate of drug-likeness (QED) is 0.221. The van der Waals surface area contributed by atoms with Gasteiger partial charge in [0.2, 0.25) is 0 Å². The summed E-state index contributed by atoms with van der Waals surface area (Å²) in [5.74, 6) is -1.91. The number of nitrogens with zero attached hydrogens (tertiary/aromatic N) is 1. The fourth-order valence-corrected chi connectivity index (χ4v) is 5.85. The molecule has 1 aromatic heterocycles. The SMILES string of the molecule is O=C(O)CC(c1cccnc1)S(=O)(=O)c1ccccc1NC(=O)c1cccc(NC(=O)NCc2ccccc2)c1. The number of amides is 3. The van der Waals surface area contributed by atoms with Gasteiger partial charge in [-0.2, -0.15) is 0 Å². The average molecular weight is 559 g/mol. The van der Waals surface area contributed by atoms with Crippen LogP contribution in [0.5, 0.6) is 0 Å². The molecule has 4 rings (SSSR count). The van der Waals surface area contributed by atoms with Crippen molar-refractivity contribution in [3.8, 4) is 0 Å². The molecule has 0 saturated heterocycles. The highest BCUT2D eigenvalue weighted by atomic mass is 32.2. The highest BCUT2D eigenvalue weighted by Crippen LogP contribution is 2.35. The highest BCUT2D eigenvalue weighted by Gasteiger charge is 2.33. The number of anilines is 2. The minimum Gasteiger partial charge on any atom is -0.481 e. The van der Waals surface area contributed by atoms with Crippen molar-refractivity contribution in [2.24, 2.45) is 0 Å². The predicted molar refractivity (Wildman–Crippen MR) is 150 cm³/mol. The first-order chi connectivity index (χ1) is 19.2. The van der Waals surface area contributed by atoms with Crippen LogP contribution in [0.3, 0.4) is 0 Å². The third-order valence-electron chi connectivity index (χ3n) is 5.91. The van der Waals surface area contributed by atoms with Crippen LogP contribution in [0.1, 0.15) is 33.2 Å². The zero-order chi connectivity index (χ0) is 28.5. The van der Waals surface area contributed by atoms with Crippen LogP contribution >= 0.6 is 0 Å². The predicted octanol–water partition coefficient (Wildman–Crippen LogP) is 4.65. The molecule has 11 heteroatoms. The molecule has 1 unspecified atom stereocenters. The molecule has 3 aromatic carbocycles. The van der Waals surface area contributed by atoms with Gasteiger partial charge >= 0.3 is 12.0 Å². The van der Waals surface area contributed by atoms with Gasteiger partial charge in [0, 0.05) is 30.2 Å². The minimum absolute atomic E-state index is 0.00857. The largest absolute Gasteiger partial charge is 0.481 e. The number of nitrogens with one attached hydrogen (secondary N) is 3. The zero-order valence-corrected chi connectivity index (χ0v) is 22.0. The molecular weight excluding hydrogens is 532 g/mol. The summed E-state index contributed by atoms with van der Waals surface area (Å²) in [4.78, 5) is 40.7. The molecule has 204 valence electrons. The summed E-state index contributed by atoms with van der Waals surface area (Å²) in [6.45, 7) is 0.319. The number of benzene rings is 3. The lowest BCUT2D eigenvalue weighted by Gasteiger charge is -2.19. The second-order valence-electron chi connectivity index (χ2n) is 8.74. The number of urea groups is 1. The molecule has 1 heterocycles. The zero-order valence-electron chi connectivity index (χ0n) is 21.2. The van der Waals surface area contributed by atoms with Gasteiger partial charge < -0.3 is 21.1 Å². The monoisotopic (exact) mass is 558 g/mol. The van der Waals surface area contributed by atoms with E-state index in [-0.39, 0.29) is 21.7 Å². The van der Waals surface area contributed by atoms with Crippen LogP contribution in [0.15, 0.2) is 108 Å². The van der Waals surface area contributed by atoms with Gasteiger partial charge in [-0.05, 0) is 47.5 Å². The number of carbonyl (C=O) groups excluding carboxylic acids is 2. The van der Waals surface area contributed by atoms with Gasteiger partial charge in [-0.3, -0.25) is 14.6 Å². The lowest BCUT2D eigenvalue weighted by atomic mass is 10.1. The lowest BCUT2D eigenvalue weighted by molar-refractivity contribution is -0.137. The smallest absolute Gasteiger partial charge is 0.319 e. The number of carboxylic acid groups (broad SMARTS) is 1. The summed E-state index contributed by atoms with van der Waals surface area (Å²) in [5, 5.41) is 16.0. The van der Waals surface area contributed by atoms with E-state index < -0.39 is 39.4 Å². The summed E-state index contributed by atoms with van der Waals surface area (Å²) in [6.07, 6.45) is 2.08. The van der Waals surface area contributed by atoms with Crippen molar-refractivity contribution in [2.75, 3.05) is 10.6 Å². The number of carbonyl (C=O) groups is 3. The molecule has 0 spiro atoms. The molecule has 0 bridgehead atoms. The number of sulfone groups is 1. The van der Waals surface area contributed by atoms with Crippen molar-refractivity contribution in [3.05, 3.63) is 120 Å². The summed E-state index contributed by atoms with van der Waals surface area (Å²) >= 11 is 0. The second kappa shape index (κ2) is 12.7. The van der Waals surface area contributed by atoms with E-state index in [1.165, 1.54) is 54.9 Å². The fraction of sp³-hybridized carbons (Fsp3) is 0.103. The van der Waals surface area contributed by atoms with Crippen molar-refractivity contribution in [2.45, 2.75) is 23.1 Å². The van der Waals surface area contributed by atoms with E-state index >= 15 is 0 Å². The molecule has 10 nitrogen and oxygen atoms in total. The van der Waals surface area contributed by atoms with Gasteiger partial charge in [0.05, 0.1) is 17.0 Å². The molecule has 3 amide bonds. The van der Waals surface area contributed by atoms with Crippen LogP contribution in [0.4, 0.5) is 16.2 Å². The van der Waals surface area contributed by atoms with Crippen molar-refractivity contribution < 1.29 is 27.9 Å². The summed E-state index contributed by atoms with van der Waals surface area (Å²) in [5.41, 5.74) is 1.66. The van der Waals surface area contributed by atoms with Crippen LogP contribution < -0.4 is 16.0 Å². The van der Waals surface area contributed by atoms with Gasteiger partial charge in [-0.25, -0.2) is 13.2 Å². The van der Waals surface area contributed by atoms with E-state index in [1.54, 1.807) is 18.2 Å². The van der Waals surface area contributed by atoms with Crippen molar-refractivity contribution in [1.82, 2.24) is 10.3 Å². The third kappa shape index (κ3) is 7.08. The Morgan fingerprint density at radius 1 is 0.850 bits per heavy atom. The number of carboxylic acids is 1. The number of para-hydroxylation sites is 1. The van der Waals surface area contributed by atoms with Gasteiger partial charge in [0.1, 0.15) is 5.25 Å². The van der Waals surface area contributed by atoms with Gasteiger partial charge in [-0.15, -0.1) is 0 Å². The summed E-state index contributed by atoms with van der Waals surface area (Å²) in [7, 11) is -4.26. The Kier molecular flexibility index (Phi) is 8.87. The molecule has 0 fully saturated rings. The first kappa shape index (κ1) is 28.0. The Hall–Kier alpha value is -5.03. The Morgan fingerprint density at radius 2 is 1.60 bits per heavy atom. The van der Waals surface area contributed by atoms with Crippen LogP contribution in [0, 0.1) is 0 Å². The first-order valence-electron chi connectivity index (χ1n) is 12.2. The van der Waals surface area contributed by atoms with E-state index in [2.05, 4.69) is 20.9 Å². The molecule has 1 atom stereocenters. The average Bonchev–Trinajstić information content (AvgIpc) is 2.96. The Labute approximate surface area is 231 Å². The molecule has 4 N–H and O–H groups in total. The molecular formula is C29H26N4O6S. The molecule has 0 radical (unpaired) electrons. The van der Waals surface area contributed by atoms with Crippen molar-refractivity contribution >= 4 is 39.1 Å². The van der Waals surface area contributed by atoms with Gasteiger partial charge in [0.25, 0.3) is 5.91 Å². The maximum Gasteiger partial charge on any atom is 0.319 e. The number of hydrogen-bond acceptors (Lipinski definition) is 6. The van der Waals surface area contributed by atoms with E-state index in [1.807, 2.05) is 30.3 Å². The standard InChI is InChI=1S/C29H26N4O6S/c34-27(35)17-26(22-11-7-15-30-19-22)40(38,39)25-14-5-4-13-24(25)33-28(36)21-10-6-12-23(16-21)32-29(37)31-18-20-8-2-1-3-9-20/h1-16,19,26H,17-18H2,(H,33,36)(H,34,35)(H2,31,32,37). The summed E-state index contributed by atoms with van der Waals surface area (Å²) < 4.78 is 27.3. The molecule has 0 aliphatic carbocycles. The van der Waals surface area contributed by atoms with Crippen LogP contribution in [0.25, 0.3) is 0 Å². The highest BCUT2D eigenvalue weighted by molar-refractivity contribution is 7.91. The minimum atomic E-state index is -4.26. The molecule has 0 saturated carbocycles. The van der Waals surface area contributed by atoms with Crippen LogP contribution in [-0.4, -0.2) is 36.4 Å². The number of hydrogen-bond donors (Lipinski definition) is 4. The second-order valence-corrected chi connectivity index (χ2v) is 10.8. The van der Waals surface area contributed by atoms with Crippen molar-refractivity contribution in [3.63, 3.8) is 0 Å². The lowest BCUT2D eigenvalue weighted by Crippen LogP contribution is -2.28. The fourth-order valence-electron chi connectivity index (χ4n) is 3.99. The number of pyridine rings is 1. The van der Waals surface area contributed by atoms with Crippen molar-refractivity contribution in [1.29, 1.82) is 0 Å². The first-order valence-corrected chi connectivity index (χ1v) is 13.7. The van der Waals surface area contributed by atoms with E-state index in [9.17, 15) is 27.9 Å². The normalized spacial score (nSPS) is 11.7. The Bertz CT molecular complexity index is 1610. The van der Waals surface area contributed by atoms with Gasteiger partial charge in [0.15, 0.2) is 9.84 Å². The molecule has 0 aliphatic rings. The maximum absolute atomic E-state index is 13.6. The Balaban J connectivity index is 1.52. The summed E-state index contributed by atoms with van der Waals surface area (Å²) in [6, 6.07) is 23.9. The molecule has 4 aromatic rings. The van der Waals surface area contributed by atoms with E-state index in [0.717, 1.165) is 5.56 Å². The van der Waals surface area contributed by atoms with Gasteiger partial charge in [-0.1, -0.05) is 54.6 Å². The van der Waals surface area contributed by atoms with Crippen LogP contribution in [0.2, 0.25) is 0 Å². The molecule has 0 aliphatic heterocycles. The number of aromatic nitrogens is 1. The number of aliphatic carboxylic acids is 1. The Morgan fingerprint density at radius 3 is 2.33 bits per heavy atom. The third-order valence-corrected chi connectivity index (χ3v) is 8.07.